The zero-order valence-corrected chi connectivity index (χ0v) is 13.7. The third-order valence-electron chi connectivity index (χ3n) is 3.06. The van der Waals surface area contributed by atoms with E-state index in [4.69, 9.17) is 27.9 Å². The van der Waals surface area contributed by atoms with Crippen molar-refractivity contribution < 1.29 is 9.53 Å². The first-order valence-electron chi connectivity index (χ1n) is 6.66. The minimum absolute atomic E-state index is 0.194. The molecule has 0 aliphatic heterocycles. The van der Waals surface area contributed by atoms with E-state index in [9.17, 15) is 4.79 Å². The van der Waals surface area contributed by atoms with Crippen LogP contribution >= 0.6 is 23.2 Å². The maximum atomic E-state index is 12.2. The van der Waals surface area contributed by atoms with E-state index in [2.05, 4.69) is 10.6 Å². The molecule has 2 N–H and O–H groups in total. The highest BCUT2D eigenvalue weighted by Gasteiger charge is 2.14. The fraction of sp³-hybridized carbons (Fsp3) is 0.188. The molecule has 4 nitrogen and oxygen atoms in total. The fourth-order valence-electron chi connectivity index (χ4n) is 1.83. The minimum Gasteiger partial charge on any atom is -0.497 e. The van der Waals surface area contributed by atoms with Crippen molar-refractivity contribution in [3.8, 4) is 5.75 Å². The van der Waals surface area contributed by atoms with E-state index in [0.29, 0.717) is 15.7 Å². The van der Waals surface area contributed by atoms with Gasteiger partial charge in [0.15, 0.2) is 0 Å². The second-order valence-electron chi connectivity index (χ2n) is 4.71. The Kier molecular flexibility index (Phi) is 5.52. The summed E-state index contributed by atoms with van der Waals surface area (Å²) in [7, 11) is 1.61. The van der Waals surface area contributed by atoms with Crippen molar-refractivity contribution in [1.82, 2.24) is 0 Å². The molecule has 116 valence electrons. The molecule has 0 saturated heterocycles. The van der Waals surface area contributed by atoms with Crippen molar-refractivity contribution in [3.05, 3.63) is 52.5 Å². The number of benzene rings is 2. The number of nitrogens with one attached hydrogen (secondary N) is 2. The monoisotopic (exact) mass is 338 g/mol. The number of methoxy groups -OCH3 is 1. The zero-order valence-electron chi connectivity index (χ0n) is 12.2. The van der Waals surface area contributed by atoms with Crippen molar-refractivity contribution in [3.63, 3.8) is 0 Å². The molecular formula is C16H16Cl2N2O2. The van der Waals surface area contributed by atoms with Gasteiger partial charge in [-0.15, -0.1) is 0 Å². The molecule has 0 bridgehead atoms. The van der Waals surface area contributed by atoms with Crippen LogP contribution in [0.2, 0.25) is 10.0 Å². The van der Waals surface area contributed by atoms with Crippen molar-refractivity contribution >= 4 is 40.5 Å². The molecule has 2 rings (SSSR count). The maximum absolute atomic E-state index is 12.2. The molecule has 1 atom stereocenters. The molecule has 0 saturated carbocycles. The van der Waals surface area contributed by atoms with Crippen LogP contribution in [-0.4, -0.2) is 19.1 Å². The first kappa shape index (κ1) is 16.5. The zero-order chi connectivity index (χ0) is 16.1. The van der Waals surface area contributed by atoms with Gasteiger partial charge in [-0.2, -0.15) is 0 Å². The molecule has 0 heterocycles. The Morgan fingerprint density at radius 3 is 2.41 bits per heavy atom. The van der Waals surface area contributed by atoms with Crippen LogP contribution in [0.5, 0.6) is 5.75 Å². The number of carbonyl (C=O) groups is 1. The Balaban J connectivity index is 1.99. The molecular weight excluding hydrogens is 323 g/mol. The van der Waals surface area contributed by atoms with Crippen LogP contribution in [0, 0.1) is 0 Å². The number of hydrogen-bond acceptors (Lipinski definition) is 3. The van der Waals surface area contributed by atoms with E-state index < -0.39 is 6.04 Å². The van der Waals surface area contributed by atoms with E-state index in [1.807, 2.05) is 24.3 Å². The van der Waals surface area contributed by atoms with Crippen LogP contribution in [0.4, 0.5) is 11.4 Å². The Hall–Kier alpha value is -1.91. The summed E-state index contributed by atoms with van der Waals surface area (Å²) in [6.07, 6.45) is 0. The van der Waals surface area contributed by atoms with Crippen LogP contribution in [0.15, 0.2) is 42.5 Å². The first-order chi connectivity index (χ1) is 10.5. The Labute approximate surface area is 139 Å². The highest BCUT2D eigenvalue weighted by atomic mass is 35.5. The number of rotatable bonds is 5. The Bertz CT molecular complexity index is 660. The summed E-state index contributed by atoms with van der Waals surface area (Å²) in [5.74, 6) is 0.565. The summed E-state index contributed by atoms with van der Waals surface area (Å²) in [6, 6.07) is 11.8. The van der Waals surface area contributed by atoms with Gasteiger partial charge in [0.25, 0.3) is 0 Å². The molecule has 0 radical (unpaired) electrons. The van der Waals surface area contributed by atoms with E-state index in [1.54, 1.807) is 32.2 Å². The van der Waals surface area contributed by atoms with Crippen molar-refractivity contribution in [2.75, 3.05) is 17.7 Å². The molecule has 2 aromatic carbocycles. The van der Waals surface area contributed by atoms with Crippen molar-refractivity contribution in [2.24, 2.45) is 0 Å². The van der Waals surface area contributed by atoms with Gasteiger partial charge in [-0.3, -0.25) is 4.79 Å². The topological polar surface area (TPSA) is 50.4 Å². The minimum atomic E-state index is -0.430. The molecule has 1 unspecified atom stereocenters. The lowest BCUT2D eigenvalue weighted by molar-refractivity contribution is -0.116. The number of hydrogen-bond donors (Lipinski definition) is 2. The maximum Gasteiger partial charge on any atom is 0.246 e. The third kappa shape index (κ3) is 4.29. The van der Waals surface area contributed by atoms with Gasteiger partial charge in [0, 0.05) is 10.7 Å². The quantitative estimate of drug-likeness (QED) is 0.847. The summed E-state index contributed by atoms with van der Waals surface area (Å²) in [5, 5.41) is 6.79. The average Bonchev–Trinajstić information content (AvgIpc) is 2.50. The molecule has 1 amide bonds. The van der Waals surface area contributed by atoms with Crippen LogP contribution in [-0.2, 0) is 4.79 Å². The third-order valence-corrected chi connectivity index (χ3v) is 3.60. The molecule has 2 aromatic rings. The summed E-state index contributed by atoms with van der Waals surface area (Å²) >= 11 is 11.9. The Morgan fingerprint density at radius 2 is 1.82 bits per heavy atom. The van der Waals surface area contributed by atoms with Crippen LogP contribution in [0.1, 0.15) is 6.92 Å². The van der Waals surface area contributed by atoms with Crippen molar-refractivity contribution in [2.45, 2.75) is 13.0 Å². The summed E-state index contributed by atoms with van der Waals surface area (Å²) in [5.41, 5.74) is 1.35. The molecule has 0 aromatic heterocycles. The molecule has 0 aliphatic carbocycles. The second-order valence-corrected chi connectivity index (χ2v) is 5.55. The summed E-state index contributed by atoms with van der Waals surface area (Å²) in [6.45, 7) is 1.77. The normalized spacial score (nSPS) is 11.6. The molecule has 6 heteroatoms. The van der Waals surface area contributed by atoms with E-state index in [1.165, 1.54) is 0 Å². The number of ether oxygens (including phenoxy) is 1. The van der Waals surface area contributed by atoms with Gasteiger partial charge in [0.1, 0.15) is 11.8 Å². The molecule has 0 fully saturated rings. The van der Waals surface area contributed by atoms with Gasteiger partial charge in [0.2, 0.25) is 5.91 Å². The largest absolute Gasteiger partial charge is 0.497 e. The van der Waals surface area contributed by atoms with Gasteiger partial charge in [-0.25, -0.2) is 0 Å². The molecule has 0 aliphatic rings. The van der Waals surface area contributed by atoms with Gasteiger partial charge in [0.05, 0.1) is 17.8 Å². The predicted molar refractivity (Wildman–Crippen MR) is 91.2 cm³/mol. The smallest absolute Gasteiger partial charge is 0.246 e. The number of halogens is 2. The van der Waals surface area contributed by atoms with Gasteiger partial charge < -0.3 is 15.4 Å². The highest BCUT2D eigenvalue weighted by Crippen LogP contribution is 2.25. The van der Waals surface area contributed by atoms with Crippen LogP contribution in [0.3, 0.4) is 0 Å². The standard InChI is InChI=1S/C16H16Cl2N2O2/c1-10(19-12-4-6-13(22-2)7-5-12)16(21)20-15-8-3-11(17)9-14(15)18/h3-10,19H,1-2H3,(H,20,21). The van der Waals surface area contributed by atoms with E-state index in [0.717, 1.165) is 11.4 Å². The van der Waals surface area contributed by atoms with Crippen LogP contribution < -0.4 is 15.4 Å². The fourth-order valence-corrected chi connectivity index (χ4v) is 2.29. The van der Waals surface area contributed by atoms with E-state index >= 15 is 0 Å². The lowest BCUT2D eigenvalue weighted by Crippen LogP contribution is -2.31. The average molecular weight is 339 g/mol. The van der Waals surface area contributed by atoms with Gasteiger partial charge in [-0.1, -0.05) is 23.2 Å². The lowest BCUT2D eigenvalue weighted by atomic mass is 10.2. The molecule has 0 spiro atoms. The Morgan fingerprint density at radius 1 is 1.14 bits per heavy atom. The number of amides is 1. The highest BCUT2D eigenvalue weighted by molar-refractivity contribution is 6.36. The second kappa shape index (κ2) is 7.38. The SMILES string of the molecule is COc1ccc(NC(C)C(=O)Nc2ccc(Cl)cc2Cl)cc1. The number of carbonyl (C=O) groups excluding carboxylic acids is 1. The van der Waals surface area contributed by atoms with Gasteiger partial charge >= 0.3 is 0 Å². The molecule has 22 heavy (non-hydrogen) atoms. The lowest BCUT2D eigenvalue weighted by Gasteiger charge is -2.16. The summed E-state index contributed by atoms with van der Waals surface area (Å²) < 4.78 is 5.09. The predicted octanol–water partition coefficient (Wildman–Crippen LogP) is 4.44. The van der Waals surface area contributed by atoms with Crippen molar-refractivity contribution in [1.29, 1.82) is 0 Å². The number of anilines is 2. The van der Waals surface area contributed by atoms with Gasteiger partial charge in [-0.05, 0) is 49.4 Å². The first-order valence-corrected chi connectivity index (χ1v) is 7.41. The van der Waals surface area contributed by atoms with Crippen LogP contribution in [0.25, 0.3) is 0 Å². The van der Waals surface area contributed by atoms with E-state index in [-0.39, 0.29) is 5.91 Å². The summed E-state index contributed by atoms with van der Waals surface area (Å²) in [4.78, 5) is 12.2.